The Morgan fingerprint density at radius 1 is 1.10 bits per heavy atom. The van der Waals surface area contributed by atoms with Crippen LogP contribution in [0, 0.1) is 5.92 Å². The second-order valence-corrected chi connectivity index (χ2v) is 8.12. The third-order valence-corrected chi connectivity index (χ3v) is 5.06. The molecule has 0 fully saturated rings. The smallest absolute Gasteiger partial charge is 0.258 e. The van der Waals surface area contributed by atoms with Gasteiger partial charge in [0.05, 0.1) is 6.04 Å². The topological polar surface area (TPSA) is 58.6 Å². The van der Waals surface area contributed by atoms with Crippen LogP contribution < -0.4 is 10.1 Å². The van der Waals surface area contributed by atoms with E-state index in [4.69, 9.17) is 4.74 Å². The molecule has 3 rings (SSSR count). The highest BCUT2D eigenvalue weighted by Crippen LogP contribution is 2.37. The summed E-state index contributed by atoms with van der Waals surface area (Å²) in [6.45, 7) is 8.38. The number of hydrogen-bond donors (Lipinski definition) is 1. The molecule has 1 heterocycles. The van der Waals surface area contributed by atoms with Crippen molar-refractivity contribution in [3.05, 3.63) is 65.2 Å². The van der Waals surface area contributed by atoms with Crippen molar-refractivity contribution in [2.24, 2.45) is 5.92 Å². The Balaban J connectivity index is 1.92. The molecular weight excluding hydrogens is 364 g/mol. The van der Waals surface area contributed by atoms with Crippen LogP contribution in [0.4, 0.5) is 0 Å². The number of amides is 2. The first-order valence-corrected chi connectivity index (χ1v) is 10.3. The highest BCUT2D eigenvalue weighted by Gasteiger charge is 2.33. The van der Waals surface area contributed by atoms with Gasteiger partial charge in [0.1, 0.15) is 5.75 Å². The lowest BCUT2D eigenvalue weighted by atomic mass is 9.87. The van der Waals surface area contributed by atoms with E-state index in [9.17, 15) is 9.59 Å². The summed E-state index contributed by atoms with van der Waals surface area (Å²) in [5, 5.41) is 2.83. The molecule has 1 unspecified atom stereocenters. The van der Waals surface area contributed by atoms with Gasteiger partial charge in [-0.2, -0.15) is 0 Å². The quantitative estimate of drug-likeness (QED) is 0.812. The molecule has 0 aliphatic carbocycles. The van der Waals surface area contributed by atoms with Gasteiger partial charge in [0, 0.05) is 18.5 Å². The molecule has 5 heteroatoms. The van der Waals surface area contributed by atoms with Gasteiger partial charge < -0.3 is 15.0 Å². The molecule has 2 aromatic carbocycles. The van der Waals surface area contributed by atoms with Crippen LogP contribution in [-0.4, -0.2) is 35.9 Å². The number of ether oxygens (including phenoxy) is 1. The van der Waals surface area contributed by atoms with E-state index in [-0.39, 0.29) is 36.4 Å². The van der Waals surface area contributed by atoms with Crippen LogP contribution in [0.1, 0.15) is 50.4 Å². The summed E-state index contributed by atoms with van der Waals surface area (Å²) in [4.78, 5) is 26.8. The zero-order valence-corrected chi connectivity index (χ0v) is 17.6. The van der Waals surface area contributed by atoms with Gasteiger partial charge in [0.25, 0.3) is 5.91 Å². The SMILES string of the molecule is CC(C)NC(=O)COc1ccc2c(c1)C(c1ccccc1)N(C(=O)C(C)C)CC2. The molecule has 0 saturated heterocycles. The Hall–Kier alpha value is -2.82. The van der Waals surface area contributed by atoms with E-state index in [2.05, 4.69) is 23.5 Å². The van der Waals surface area contributed by atoms with Gasteiger partial charge in [0.15, 0.2) is 6.61 Å². The number of carbonyl (C=O) groups excluding carboxylic acids is 2. The molecule has 2 aromatic rings. The summed E-state index contributed by atoms with van der Waals surface area (Å²) in [5.74, 6) is 0.574. The van der Waals surface area contributed by atoms with E-state index >= 15 is 0 Å². The van der Waals surface area contributed by atoms with Crippen LogP contribution in [0.3, 0.4) is 0 Å². The van der Waals surface area contributed by atoms with Crippen molar-refractivity contribution in [3.63, 3.8) is 0 Å². The zero-order valence-electron chi connectivity index (χ0n) is 17.6. The van der Waals surface area contributed by atoms with Crippen molar-refractivity contribution in [1.29, 1.82) is 0 Å². The largest absolute Gasteiger partial charge is 0.484 e. The molecule has 5 nitrogen and oxygen atoms in total. The Morgan fingerprint density at radius 2 is 1.83 bits per heavy atom. The summed E-state index contributed by atoms with van der Waals surface area (Å²) < 4.78 is 5.75. The maximum absolute atomic E-state index is 12.9. The van der Waals surface area contributed by atoms with E-state index in [0.29, 0.717) is 12.3 Å². The van der Waals surface area contributed by atoms with Crippen molar-refractivity contribution in [2.75, 3.05) is 13.2 Å². The molecular formula is C24H30N2O3. The summed E-state index contributed by atoms with van der Waals surface area (Å²) >= 11 is 0. The lowest BCUT2D eigenvalue weighted by Gasteiger charge is -2.39. The van der Waals surface area contributed by atoms with E-state index in [1.807, 2.05) is 62.9 Å². The number of benzene rings is 2. The molecule has 1 N–H and O–H groups in total. The van der Waals surface area contributed by atoms with E-state index in [0.717, 1.165) is 17.5 Å². The summed E-state index contributed by atoms with van der Waals surface area (Å²) in [7, 11) is 0. The molecule has 1 aliphatic rings. The van der Waals surface area contributed by atoms with E-state index < -0.39 is 0 Å². The summed E-state index contributed by atoms with van der Waals surface area (Å²) in [5.41, 5.74) is 3.36. The van der Waals surface area contributed by atoms with Gasteiger partial charge in [-0.05, 0) is 49.1 Å². The van der Waals surface area contributed by atoms with Crippen LogP contribution in [-0.2, 0) is 16.0 Å². The molecule has 0 saturated carbocycles. The van der Waals surface area contributed by atoms with Crippen molar-refractivity contribution in [1.82, 2.24) is 10.2 Å². The molecule has 1 atom stereocenters. The number of nitrogens with zero attached hydrogens (tertiary/aromatic N) is 1. The molecule has 0 radical (unpaired) electrons. The second-order valence-electron chi connectivity index (χ2n) is 8.12. The average molecular weight is 395 g/mol. The Bertz CT molecular complexity index is 862. The molecule has 0 bridgehead atoms. The predicted octanol–water partition coefficient (Wildman–Crippen LogP) is 3.72. The van der Waals surface area contributed by atoms with Crippen molar-refractivity contribution in [2.45, 2.75) is 46.2 Å². The normalized spacial score (nSPS) is 15.9. The standard InChI is InChI=1S/C24H30N2O3/c1-16(2)24(28)26-13-12-18-10-11-20(29-15-22(27)25-17(3)4)14-21(18)23(26)19-8-6-5-7-9-19/h5-11,14,16-17,23H,12-13,15H2,1-4H3,(H,25,27). The van der Waals surface area contributed by atoms with Crippen LogP contribution in [0.15, 0.2) is 48.5 Å². The fraction of sp³-hybridized carbons (Fsp3) is 0.417. The minimum atomic E-state index is -0.150. The lowest BCUT2D eigenvalue weighted by molar-refractivity contribution is -0.136. The zero-order chi connectivity index (χ0) is 21.0. The molecule has 1 aliphatic heterocycles. The first-order valence-electron chi connectivity index (χ1n) is 10.3. The number of carbonyl (C=O) groups is 2. The second kappa shape index (κ2) is 9.12. The lowest BCUT2D eigenvalue weighted by Crippen LogP contribution is -2.42. The first-order chi connectivity index (χ1) is 13.9. The minimum Gasteiger partial charge on any atom is -0.484 e. The molecule has 0 aromatic heterocycles. The molecule has 2 amide bonds. The average Bonchev–Trinajstić information content (AvgIpc) is 2.70. The molecule has 29 heavy (non-hydrogen) atoms. The fourth-order valence-corrected chi connectivity index (χ4v) is 3.76. The van der Waals surface area contributed by atoms with E-state index in [1.165, 1.54) is 5.56 Å². The van der Waals surface area contributed by atoms with Crippen LogP contribution in [0.2, 0.25) is 0 Å². The van der Waals surface area contributed by atoms with Crippen LogP contribution in [0.25, 0.3) is 0 Å². The highest BCUT2D eigenvalue weighted by atomic mass is 16.5. The highest BCUT2D eigenvalue weighted by molar-refractivity contribution is 5.80. The Morgan fingerprint density at radius 3 is 2.48 bits per heavy atom. The maximum Gasteiger partial charge on any atom is 0.258 e. The summed E-state index contributed by atoms with van der Waals surface area (Å²) in [6.07, 6.45) is 0.811. The number of nitrogens with one attached hydrogen (secondary N) is 1. The third kappa shape index (κ3) is 4.97. The van der Waals surface area contributed by atoms with Crippen LogP contribution >= 0.6 is 0 Å². The minimum absolute atomic E-state index is 0.0262. The monoisotopic (exact) mass is 394 g/mol. The first kappa shape index (κ1) is 20.9. The van der Waals surface area contributed by atoms with Crippen molar-refractivity contribution in [3.8, 4) is 5.75 Å². The van der Waals surface area contributed by atoms with Crippen LogP contribution in [0.5, 0.6) is 5.75 Å². The number of fused-ring (bicyclic) bond motifs is 1. The van der Waals surface area contributed by atoms with E-state index in [1.54, 1.807) is 0 Å². The third-order valence-electron chi connectivity index (χ3n) is 5.06. The van der Waals surface area contributed by atoms with Gasteiger partial charge >= 0.3 is 0 Å². The Labute approximate surface area is 173 Å². The summed E-state index contributed by atoms with van der Waals surface area (Å²) in [6, 6.07) is 16.0. The van der Waals surface area contributed by atoms with Crippen molar-refractivity contribution >= 4 is 11.8 Å². The maximum atomic E-state index is 12.9. The predicted molar refractivity (Wildman–Crippen MR) is 114 cm³/mol. The van der Waals surface area contributed by atoms with Gasteiger partial charge in [-0.1, -0.05) is 50.2 Å². The van der Waals surface area contributed by atoms with Crippen molar-refractivity contribution < 1.29 is 14.3 Å². The molecule has 0 spiro atoms. The molecule has 154 valence electrons. The van der Waals surface area contributed by atoms with Gasteiger partial charge in [0.2, 0.25) is 5.91 Å². The van der Waals surface area contributed by atoms with Gasteiger partial charge in [-0.3, -0.25) is 9.59 Å². The van der Waals surface area contributed by atoms with Gasteiger partial charge in [-0.25, -0.2) is 0 Å². The van der Waals surface area contributed by atoms with Gasteiger partial charge in [-0.15, -0.1) is 0 Å². The number of hydrogen-bond acceptors (Lipinski definition) is 3. The Kier molecular flexibility index (Phi) is 6.57. The fourth-order valence-electron chi connectivity index (χ4n) is 3.76. The number of rotatable bonds is 6.